The third-order valence-electron chi connectivity index (χ3n) is 4.88. The van der Waals surface area contributed by atoms with Gasteiger partial charge in [-0.05, 0) is 24.7 Å². The van der Waals surface area contributed by atoms with E-state index in [4.69, 9.17) is 9.39 Å². The summed E-state index contributed by atoms with van der Waals surface area (Å²) < 4.78 is 34.9. The largest absolute Gasteiger partial charge is 0.418 e. The Morgan fingerprint density at radius 1 is 1.38 bits per heavy atom. The van der Waals surface area contributed by atoms with Crippen molar-refractivity contribution >= 4 is 22.3 Å². The zero-order valence-electron chi connectivity index (χ0n) is 14.7. The second-order valence-electron chi connectivity index (χ2n) is 7.72. The molecular weight excluding hydrogens is 368 g/mol. The molecule has 3 rings (SSSR count). The smallest absolute Gasteiger partial charge is 0.314 e. The summed E-state index contributed by atoms with van der Waals surface area (Å²) in [5, 5.41) is 3.85. The second kappa shape index (κ2) is 6.93. The van der Waals surface area contributed by atoms with Gasteiger partial charge in [0.25, 0.3) is 5.91 Å². The predicted octanol–water partition coefficient (Wildman–Crippen LogP) is -0.575. The van der Waals surface area contributed by atoms with Gasteiger partial charge in [-0.2, -0.15) is 13.5 Å². The molecule has 0 aromatic rings. The van der Waals surface area contributed by atoms with E-state index in [-0.39, 0.29) is 18.1 Å². The molecule has 12 heteroatoms. The van der Waals surface area contributed by atoms with Gasteiger partial charge in [0.1, 0.15) is 6.04 Å². The van der Waals surface area contributed by atoms with Crippen LogP contribution in [0.2, 0.25) is 0 Å². The van der Waals surface area contributed by atoms with Crippen molar-refractivity contribution in [3.05, 3.63) is 0 Å². The fraction of sp³-hybridized carbons (Fsp3) is 0.857. The predicted molar refractivity (Wildman–Crippen MR) is 87.7 cm³/mol. The van der Waals surface area contributed by atoms with E-state index in [0.29, 0.717) is 24.4 Å². The lowest BCUT2D eigenvalue weighted by atomic mass is 9.84. The van der Waals surface area contributed by atoms with Gasteiger partial charge in [-0.1, -0.05) is 13.8 Å². The SMILES string of the molecule is CC1(C)CNCC(ONC(=O)[C@@H]2CCC3CN2C(=O)N3OS(=O)(=O)O)C1. The molecular formula is C14H24N4O7S. The minimum absolute atomic E-state index is 0.0598. The third kappa shape index (κ3) is 4.26. The summed E-state index contributed by atoms with van der Waals surface area (Å²) >= 11 is 0. The number of hydrogen-bond acceptors (Lipinski definition) is 7. The highest BCUT2D eigenvalue weighted by Gasteiger charge is 2.49. The Morgan fingerprint density at radius 3 is 2.77 bits per heavy atom. The highest BCUT2D eigenvalue weighted by atomic mass is 32.3. The van der Waals surface area contributed by atoms with E-state index in [1.807, 2.05) is 0 Å². The van der Waals surface area contributed by atoms with Crippen LogP contribution in [0.25, 0.3) is 0 Å². The summed E-state index contributed by atoms with van der Waals surface area (Å²) in [6.45, 7) is 5.84. The normalized spacial score (nSPS) is 31.2. The summed E-state index contributed by atoms with van der Waals surface area (Å²) in [4.78, 5) is 31.5. The summed E-state index contributed by atoms with van der Waals surface area (Å²) in [5.74, 6) is -0.464. The van der Waals surface area contributed by atoms with Gasteiger partial charge in [0.15, 0.2) is 0 Å². The molecule has 3 aliphatic heterocycles. The number of piperidine rings is 2. The number of carbonyl (C=O) groups is 2. The standard InChI is InChI=1S/C14H24N4O7S/c1-14(2)5-10(6-15-8-14)24-16-12(19)11-4-3-9-7-17(11)13(20)18(9)25-26(21,22)23/h9-11,15H,3-8H2,1-2H3,(H,16,19)(H,21,22,23)/t9?,10?,11-/m0/s1. The average molecular weight is 392 g/mol. The minimum Gasteiger partial charge on any atom is -0.314 e. The number of rotatable bonds is 5. The molecule has 0 aromatic heterocycles. The molecule has 0 saturated carbocycles. The van der Waals surface area contributed by atoms with E-state index < -0.39 is 34.4 Å². The van der Waals surface area contributed by atoms with Gasteiger partial charge in [0.2, 0.25) is 0 Å². The zero-order chi connectivity index (χ0) is 19.1. The van der Waals surface area contributed by atoms with Crippen molar-refractivity contribution in [2.75, 3.05) is 19.6 Å². The molecule has 0 aliphatic carbocycles. The molecule has 0 radical (unpaired) electrons. The van der Waals surface area contributed by atoms with Crippen molar-refractivity contribution in [3.63, 3.8) is 0 Å². The molecule has 3 amide bonds. The van der Waals surface area contributed by atoms with Crippen LogP contribution < -0.4 is 10.8 Å². The van der Waals surface area contributed by atoms with Crippen LogP contribution in [-0.4, -0.2) is 72.7 Å². The fourth-order valence-electron chi connectivity index (χ4n) is 3.73. The molecule has 3 aliphatic rings. The summed E-state index contributed by atoms with van der Waals surface area (Å²) in [7, 11) is -4.81. The quantitative estimate of drug-likeness (QED) is 0.418. The number of urea groups is 1. The average Bonchev–Trinajstić information content (AvgIpc) is 2.75. The van der Waals surface area contributed by atoms with Gasteiger partial charge in [0, 0.05) is 19.6 Å². The molecule has 2 unspecified atom stereocenters. The molecule has 148 valence electrons. The van der Waals surface area contributed by atoms with Crippen LogP contribution in [0, 0.1) is 5.41 Å². The van der Waals surface area contributed by atoms with Crippen LogP contribution in [0.4, 0.5) is 4.79 Å². The Labute approximate surface area is 151 Å². The van der Waals surface area contributed by atoms with Crippen molar-refractivity contribution < 1.29 is 31.7 Å². The number of carbonyl (C=O) groups excluding carboxylic acids is 2. The summed E-state index contributed by atoms with van der Waals surface area (Å²) in [6, 6.07) is -2.08. The van der Waals surface area contributed by atoms with Crippen molar-refractivity contribution in [2.45, 2.75) is 51.3 Å². The Bertz CT molecular complexity index is 683. The molecule has 3 saturated heterocycles. The molecule has 2 bridgehead atoms. The molecule has 3 N–H and O–H groups in total. The van der Waals surface area contributed by atoms with E-state index in [9.17, 15) is 18.0 Å². The number of amides is 3. The number of hydrogen-bond donors (Lipinski definition) is 3. The van der Waals surface area contributed by atoms with Gasteiger partial charge in [-0.15, -0.1) is 4.28 Å². The topological polar surface area (TPSA) is 138 Å². The third-order valence-corrected chi connectivity index (χ3v) is 5.23. The maximum Gasteiger partial charge on any atom is 0.418 e. The summed E-state index contributed by atoms with van der Waals surface area (Å²) in [6.07, 6.45) is 1.32. The van der Waals surface area contributed by atoms with E-state index in [2.05, 4.69) is 28.9 Å². The Hall–Kier alpha value is -1.47. The maximum absolute atomic E-state index is 12.5. The molecule has 3 atom stereocenters. The number of nitrogens with zero attached hydrogens (tertiary/aromatic N) is 2. The lowest BCUT2D eigenvalue weighted by Crippen LogP contribution is -2.52. The monoisotopic (exact) mass is 392 g/mol. The second-order valence-corrected chi connectivity index (χ2v) is 8.72. The highest BCUT2D eigenvalue weighted by molar-refractivity contribution is 7.80. The molecule has 0 aromatic carbocycles. The van der Waals surface area contributed by atoms with E-state index in [1.165, 1.54) is 4.90 Å². The zero-order valence-corrected chi connectivity index (χ0v) is 15.5. The molecule has 26 heavy (non-hydrogen) atoms. The number of hydroxylamine groups is 3. The van der Waals surface area contributed by atoms with E-state index in [1.54, 1.807) is 0 Å². The van der Waals surface area contributed by atoms with Gasteiger partial charge >= 0.3 is 16.4 Å². The van der Waals surface area contributed by atoms with Crippen molar-refractivity contribution in [3.8, 4) is 0 Å². The lowest BCUT2D eigenvalue weighted by molar-refractivity contribution is -0.146. The van der Waals surface area contributed by atoms with Crippen molar-refractivity contribution in [1.82, 2.24) is 20.8 Å². The van der Waals surface area contributed by atoms with Crippen LogP contribution >= 0.6 is 0 Å². The van der Waals surface area contributed by atoms with Gasteiger partial charge in [-0.3, -0.25) is 14.2 Å². The Morgan fingerprint density at radius 2 is 2.12 bits per heavy atom. The van der Waals surface area contributed by atoms with Crippen LogP contribution in [0.5, 0.6) is 0 Å². The first kappa shape index (κ1) is 19.3. The van der Waals surface area contributed by atoms with Gasteiger partial charge in [-0.25, -0.2) is 10.3 Å². The van der Waals surface area contributed by atoms with E-state index in [0.717, 1.165) is 13.0 Å². The molecule has 11 nitrogen and oxygen atoms in total. The summed E-state index contributed by atoms with van der Waals surface area (Å²) in [5.41, 5.74) is 2.49. The first-order valence-electron chi connectivity index (χ1n) is 8.49. The van der Waals surface area contributed by atoms with Crippen molar-refractivity contribution in [1.29, 1.82) is 0 Å². The Balaban J connectivity index is 1.57. The number of fused-ring (bicyclic) bond motifs is 2. The van der Waals surface area contributed by atoms with Crippen LogP contribution in [0.1, 0.15) is 33.1 Å². The van der Waals surface area contributed by atoms with Crippen LogP contribution in [0.3, 0.4) is 0 Å². The molecule has 3 fully saturated rings. The van der Waals surface area contributed by atoms with Crippen LogP contribution in [-0.2, 0) is 24.3 Å². The van der Waals surface area contributed by atoms with Crippen molar-refractivity contribution in [2.24, 2.45) is 5.41 Å². The minimum atomic E-state index is -4.81. The van der Waals surface area contributed by atoms with E-state index >= 15 is 0 Å². The molecule has 3 heterocycles. The first-order valence-corrected chi connectivity index (χ1v) is 9.85. The van der Waals surface area contributed by atoms with Gasteiger partial charge < -0.3 is 10.2 Å². The lowest BCUT2D eigenvalue weighted by Gasteiger charge is -2.36. The highest BCUT2D eigenvalue weighted by Crippen LogP contribution is 2.31. The maximum atomic E-state index is 12.5. The van der Waals surface area contributed by atoms with Crippen LogP contribution in [0.15, 0.2) is 0 Å². The fourth-order valence-corrected chi connectivity index (χ4v) is 4.12. The van der Waals surface area contributed by atoms with Gasteiger partial charge in [0.05, 0.1) is 12.1 Å². The first-order chi connectivity index (χ1) is 12.1. The molecule has 0 spiro atoms. The Kier molecular flexibility index (Phi) is 5.14. The number of nitrogens with one attached hydrogen (secondary N) is 2.